The molecule has 0 aliphatic heterocycles. The quantitative estimate of drug-likeness (QED) is 0.493. The summed E-state index contributed by atoms with van der Waals surface area (Å²) < 4.78 is 0. The zero-order valence-electron chi connectivity index (χ0n) is 13.0. The Morgan fingerprint density at radius 1 is 0.609 bits per heavy atom. The van der Waals surface area contributed by atoms with Crippen LogP contribution in [0.3, 0.4) is 0 Å². The third-order valence-corrected chi connectivity index (χ3v) is 3.93. The number of hydrogen-bond donors (Lipinski definition) is 0. The first-order valence-electron chi connectivity index (χ1n) is 7.14. The maximum Gasteiger partial charge on any atom is 1.00 e. The molecule has 0 radical (unpaired) electrons. The molecule has 0 aliphatic rings. The van der Waals surface area contributed by atoms with E-state index in [1.807, 2.05) is 91.0 Å². The SMILES string of the molecule is O=C([O-])C(c1ccccc1)(c1ccccc1)c1ccccc1.[Li+]. The van der Waals surface area contributed by atoms with Gasteiger partial charge in [0.05, 0.1) is 11.4 Å². The van der Waals surface area contributed by atoms with Crippen LogP contribution in [0.5, 0.6) is 0 Å². The average Bonchev–Trinajstić information content (AvgIpc) is 2.58. The molecule has 0 atom stereocenters. The van der Waals surface area contributed by atoms with Gasteiger partial charge in [0.1, 0.15) is 0 Å². The first-order valence-corrected chi connectivity index (χ1v) is 7.14. The van der Waals surface area contributed by atoms with E-state index in [2.05, 4.69) is 0 Å². The summed E-state index contributed by atoms with van der Waals surface area (Å²) in [7, 11) is 0. The molecule has 3 aromatic carbocycles. The van der Waals surface area contributed by atoms with Crippen LogP contribution in [0.15, 0.2) is 91.0 Å². The first-order chi connectivity index (χ1) is 10.8. The number of benzene rings is 3. The summed E-state index contributed by atoms with van der Waals surface area (Å²) >= 11 is 0. The van der Waals surface area contributed by atoms with Crippen LogP contribution in [0.4, 0.5) is 0 Å². The van der Waals surface area contributed by atoms with Gasteiger partial charge in [-0.1, -0.05) is 91.0 Å². The maximum atomic E-state index is 12.3. The van der Waals surface area contributed by atoms with Crippen molar-refractivity contribution in [2.75, 3.05) is 0 Å². The largest absolute Gasteiger partial charge is 1.00 e. The molecule has 0 amide bonds. The van der Waals surface area contributed by atoms with Crippen molar-refractivity contribution in [2.24, 2.45) is 0 Å². The number of carbonyl (C=O) groups excluding carboxylic acids is 1. The molecule has 0 fully saturated rings. The monoisotopic (exact) mass is 294 g/mol. The molecule has 0 unspecified atom stereocenters. The van der Waals surface area contributed by atoms with Crippen LogP contribution in [0.25, 0.3) is 0 Å². The van der Waals surface area contributed by atoms with Crippen LogP contribution in [-0.2, 0) is 10.2 Å². The third kappa shape index (κ3) is 2.96. The van der Waals surface area contributed by atoms with Gasteiger partial charge in [0.15, 0.2) is 0 Å². The third-order valence-electron chi connectivity index (χ3n) is 3.93. The number of carboxylic acids is 1. The zero-order valence-corrected chi connectivity index (χ0v) is 13.0. The van der Waals surface area contributed by atoms with Gasteiger partial charge in [-0.05, 0) is 16.7 Å². The number of hydrogen-bond acceptors (Lipinski definition) is 2. The average molecular weight is 294 g/mol. The van der Waals surface area contributed by atoms with Gasteiger partial charge in [-0.25, -0.2) is 0 Å². The van der Waals surface area contributed by atoms with Crippen molar-refractivity contribution >= 4 is 5.97 Å². The summed E-state index contributed by atoms with van der Waals surface area (Å²) in [6, 6.07) is 27.7. The van der Waals surface area contributed by atoms with Gasteiger partial charge in [0.25, 0.3) is 0 Å². The summed E-state index contributed by atoms with van der Waals surface area (Å²) in [6.07, 6.45) is 0. The van der Waals surface area contributed by atoms with Crippen molar-refractivity contribution < 1.29 is 28.8 Å². The maximum absolute atomic E-state index is 12.3. The first kappa shape index (κ1) is 17.1. The van der Waals surface area contributed by atoms with Crippen LogP contribution in [0, 0.1) is 0 Å². The molecule has 0 aromatic heterocycles. The van der Waals surface area contributed by atoms with Crippen LogP contribution >= 0.6 is 0 Å². The topological polar surface area (TPSA) is 40.1 Å². The summed E-state index contributed by atoms with van der Waals surface area (Å²) in [4.78, 5) is 12.3. The van der Waals surface area contributed by atoms with Crippen LogP contribution in [0.1, 0.15) is 16.7 Å². The number of aliphatic carboxylic acids is 1. The minimum absolute atomic E-state index is 0. The molecule has 108 valence electrons. The summed E-state index contributed by atoms with van der Waals surface area (Å²) in [6.45, 7) is 0. The second-order valence-corrected chi connectivity index (χ2v) is 5.14. The molecule has 0 aliphatic carbocycles. The van der Waals surface area contributed by atoms with Gasteiger partial charge in [-0.15, -0.1) is 0 Å². The normalized spacial score (nSPS) is 10.6. The van der Waals surface area contributed by atoms with Crippen molar-refractivity contribution in [3.05, 3.63) is 108 Å². The Morgan fingerprint density at radius 2 is 0.870 bits per heavy atom. The molecule has 3 heteroatoms. The smallest absolute Gasteiger partial charge is 0.548 e. The zero-order chi connectivity index (χ0) is 15.4. The molecule has 3 rings (SSSR count). The van der Waals surface area contributed by atoms with E-state index in [9.17, 15) is 9.90 Å². The van der Waals surface area contributed by atoms with Gasteiger partial charge in [-0.3, -0.25) is 0 Å². The fourth-order valence-electron chi connectivity index (χ4n) is 2.92. The molecule has 0 bridgehead atoms. The van der Waals surface area contributed by atoms with Crippen molar-refractivity contribution in [1.82, 2.24) is 0 Å². The van der Waals surface area contributed by atoms with Crippen molar-refractivity contribution in [1.29, 1.82) is 0 Å². The van der Waals surface area contributed by atoms with Crippen molar-refractivity contribution in [2.45, 2.75) is 5.41 Å². The van der Waals surface area contributed by atoms with Gasteiger partial charge < -0.3 is 9.90 Å². The molecular formula is C20H15LiO2. The number of carbonyl (C=O) groups is 1. The predicted molar refractivity (Wildman–Crippen MR) is 84.2 cm³/mol. The Hall–Kier alpha value is -2.27. The molecule has 0 saturated carbocycles. The molecule has 0 heterocycles. The van der Waals surface area contributed by atoms with Crippen LogP contribution in [-0.4, -0.2) is 5.97 Å². The van der Waals surface area contributed by atoms with Crippen LogP contribution < -0.4 is 24.0 Å². The standard InChI is InChI=1S/C20H16O2.Li/c21-19(22)20(16-10-4-1-5-11-16,17-12-6-2-7-13-17)18-14-8-3-9-15-18;/h1-15H,(H,21,22);/q;+1/p-1. The molecule has 0 saturated heterocycles. The second-order valence-electron chi connectivity index (χ2n) is 5.14. The van der Waals surface area contributed by atoms with Crippen molar-refractivity contribution in [3.8, 4) is 0 Å². The molecule has 23 heavy (non-hydrogen) atoms. The van der Waals surface area contributed by atoms with Crippen LogP contribution in [0.2, 0.25) is 0 Å². The van der Waals surface area contributed by atoms with E-state index in [4.69, 9.17) is 0 Å². The van der Waals surface area contributed by atoms with E-state index in [1.165, 1.54) is 0 Å². The number of rotatable bonds is 4. The van der Waals surface area contributed by atoms with E-state index in [-0.39, 0.29) is 18.9 Å². The summed E-state index contributed by atoms with van der Waals surface area (Å²) in [5.41, 5.74) is 0.747. The minimum atomic E-state index is -1.32. The second kappa shape index (κ2) is 7.33. The van der Waals surface area contributed by atoms with E-state index < -0.39 is 11.4 Å². The Morgan fingerprint density at radius 3 is 1.09 bits per heavy atom. The molecule has 0 N–H and O–H groups in total. The van der Waals surface area contributed by atoms with E-state index in [0.29, 0.717) is 16.7 Å². The van der Waals surface area contributed by atoms with E-state index in [0.717, 1.165) is 0 Å². The molecule has 3 aromatic rings. The number of carboxylic acid groups (broad SMARTS) is 1. The molecule has 2 nitrogen and oxygen atoms in total. The predicted octanol–water partition coefficient (Wildman–Crippen LogP) is -0.225. The Balaban J connectivity index is 0.00000192. The van der Waals surface area contributed by atoms with Gasteiger partial charge in [-0.2, -0.15) is 0 Å². The fraction of sp³-hybridized carbons (Fsp3) is 0.0500. The Bertz CT molecular complexity index is 659. The molecule has 0 spiro atoms. The van der Waals surface area contributed by atoms with Crippen molar-refractivity contribution in [3.63, 3.8) is 0 Å². The summed E-state index contributed by atoms with van der Waals surface area (Å²) in [5, 5.41) is 12.3. The Kier molecular flexibility index (Phi) is 5.44. The fourth-order valence-corrected chi connectivity index (χ4v) is 2.92. The summed E-state index contributed by atoms with van der Waals surface area (Å²) in [5.74, 6) is -1.13. The van der Waals surface area contributed by atoms with E-state index in [1.54, 1.807) is 0 Å². The van der Waals surface area contributed by atoms with Gasteiger partial charge in [0, 0.05) is 0 Å². The van der Waals surface area contributed by atoms with E-state index >= 15 is 0 Å². The van der Waals surface area contributed by atoms with Gasteiger partial charge in [0.2, 0.25) is 0 Å². The Labute approximate surface area is 148 Å². The molecular weight excluding hydrogens is 279 g/mol. The van der Waals surface area contributed by atoms with Gasteiger partial charge >= 0.3 is 18.9 Å². The minimum Gasteiger partial charge on any atom is -0.548 e.